The van der Waals surface area contributed by atoms with Gasteiger partial charge in [-0.3, -0.25) is 0 Å². The Morgan fingerprint density at radius 3 is 2.62 bits per heavy atom. The number of benzene rings is 2. The van der Waals surface area contributed by atoms with Crippen LogP contribution in [0.4, 0.5) is 10.5 Å². The number of imidazole rings is 1. The fourth-order valence-electron chi connectivity index (χ4n) is 3.15. The van der Waals surface area contributed by atoms with Gasteiger partial charge in [0, 0.05) is 19.2 Å². The Morgan fingerprint density at radius 2 is 1.79 bits per heavy atom. The summed E-state index contributed by atoms with van der Waals surface area (Å²) in [5.41, 5.74) is 3.43. The third kappa shape index (κ3) is 4.55. The summed E-state index contributed by atoms with van der Waals surface area (Å²) in [6.45, 7) is 1.11. The number of carbonyl (C=O) groups excluding carboxylic acids is 1. The topological polar surface area (TPSA) is 71.8 Å². The highest BCUT2D eigenvalue weighted by Gasteiger charge is 2.12. The minimum Gasteiger partial charge on any atom is -0.337 e. The van der Waals surface area contributed by atoms with Crippen molar-refractivity contribution in [3.05, 3.63) is 89.3 Å². The molecule has 0 aliphatic carbocycles. The molecule has 0 aliphatic heterocycles. The summed E-state index contributed by atoms with van der Waals surface area (Å²) in [6, 6.07) is 20.8. The zero-order chi connectivity index (χ0) is 20.1. The van der Waals surface area contributed by atoms with Crippen LogP contribution >= 0.6 is 11.6 Å². The molecule has 0 saturated heterocycles. The molecule has 2 heterocycles. The maximum Gasteiger partial charge on any atom is 0.319 e. The van der Waals surface area contributed by atoms with Crippen LogP contribution in [0, 0.1) is 0 Å². The quantitative estimate of drug-likeness (QED) is 0.496. The third-order valence-electron chi connectivity index (χ3n) is 4.52. The summed E-state index contributed by atoms with van der Waals surface area (Å²) in [6.07, 6.45) is 2.35. The monoisotopic (exact) mass is 405 g/mol. The van der Waals surface area contributed by atoms with Gasteiger partial charge in [0.15, 0.2) is 5.65 Å². The Balaban J connectivity index is 1.45. The van der Waals surface area contributed by atoms with E-state index < -0.39 is 0 Å². The molecule has 2 aromatic heterocycles. The second-order valence-corrected chi connectivity index (χ2v) is 6.96. The fraction of sp³-hybridized carbons (Fsp3) is 0.136. The van der Waals surface area contributed by atoms with Gasteiger partial charge in [0.25, 0.3) is 0 Å². The van der Waals surface area contributed by atoms with Gasteiger partial charge in [0.05, 0.1) is 17.3 Å². The SMILES string of the molecule is O=C(NCCc1nc2cccnc2n1Cc1ccccc1)Nc1ccccc1Cl. The molecule has 2 aromatic carbocycles. The van der Waals surface area contributed by atoms with Crippen molar-refractivity contribution in [3.63, 3.8) is 0 Å². The first kappa shape index (κ1) is 19.0. The van der Waals surface area contributed by atoms with E-state index in [1.54, 1.807) is 18.3 Å². The number of hydrogen-bond acceptors (Lipinski definition) is 3. The molecule has 0 spiro atoms. The third-order valence-corrected chi connectivity index (χ3v) is 4.85. The van der Waals surface area contributed by atoms with E-state index in [4.69, 9.17) is 16.6 Å². The van der Waals surface area contributed by atoms with E-state index in [1.165, 1.54) is 5.56 Å². The maximum absolute atomic E-state index is 12.2. The summed E-state index contributed by atoms with van der Waals surface area (Å²) in [7, 11) is 0. The number of carbonyl (C=O) groups is 1. The van der Waals surface area contributed by atoms with E-state index in [-0.39, 0.29) is 6.03 Å². The molecular formula is C22H20ClN5O. The molecule has 2 N–H and O–H groups in total. The molecular weight excluding hydrogens is 386 g/mol. The summed E-state index contributed by atoms with van der Waals surface area (Å²) in [5.74, 6) is 0.876. The van der Waals surface area contributed by atoms with Gasteiger partial charge in [-0.05, 0) is 29.8 Å². The van der Waals surface area contributed by atoms with Gasteiger partial charge in [-0.2, -0.15) is 0 Å². The highest BCUT2D eigenvalue weighted by Crippen LogP contribution is 2.20. The van der Waals surface area contributed by atoms with Crippen LogP contribution in [0.15, 0.2) is 72.9 Å². The lowest BCUT2D eigenvalue weighted by Gasteiger charge is -2.11. The molecule has 0 unspecified atom stereocenters. The fourth-order valence-corrected chi connectivity index (χ4v) is 3.33. The summed E-state index contributed by atoms with van der Waals surface area (Å²) >= 11 is 6.08. The zero-order valence-corrected chi connectivity index (χ0v) is 16.4. The number of rotatable bonds is 6. The Bertz CT molecular complexity index is 1130. The van der Waals surface area contributed by atoms with Crippen LogP contribution in [0.1, 0.15) is 11.4 Å². The molecule has 0 radical (unpaired) electrons. The zero-order valence-electron chi connectivity index (χ0n) is 15.7. The number of urea groups is 1. The van der Waals surface area contributed by atoms with Gasteiger partial charge in [0.2, 0.25) is 0 Å². The number of pyridine rings is 1. The minimum atomic E-state index is -0.304. The highest BCUT2D eigenvalue weighted by molar-refractivity contribution is 6.33. The van der Waals surface area contributed by atoms with Crippen molar-refractivity contribution in [2.45, 2.75) is 13.0 Å². The van der Waals surface area contributed by atoms with E-state index in [0.717, 1.165) is 17.0 Å². The first-order chi connectivity index (χ1) is 14.2. The van der Waals surface area contributed by atoms with Crippen molar-refractivity contribution >= 4 is 34.5 Å². The molecule has 2 amide bonds. The number of nitrogens with zero attached hydrogens (tertiary/aromatic N) is 3. The van der Waals surface area contributed by atoms with Gasteiger partial charge in [-0.1, -0.05) is 54.1 Å². The number of para-hydroxylation sites is 1. The number of halogens is 1. The van der Waals surface area contributed by atoms with Crippen molar-refractivity contribution in [1.82, 2.24) is 19.9 Å². The summed E-state index contributed by atoms with van der Waals surface area (Å²) < 4.78 is 2.10. The number of hydrogen-bond donors (Lipinski definition) is 2. The molecule has 4 aromatic rings. The van der Waals surface area contributed by atoms with Crippen LogP contribution in [-0.4, -0.2) is 27.1 Å². The number of aromatic nitrogens is 3. The first-order valence-electron chi connectivity index (χ1n) is 9.34. The van der Waals surface area contributed by atoms with Crippen LogP contribution in [-0.2, 0) is 13.0 Å². The molecule has 0 aliphatic rings. The van der Waals surface area contributed by atoms with Crippen LogP contribution in [0.2, 0.25) is 5.02 Å². The van der Waals surface area contributed by atoms with E-state index in [0.29, 0.717) is 30.2 Å². The highest BCUT2D eigenvalue weighted by atomic mass is 35.5. The lowest BCUT2D eigenvalue weighted by molar-refractivity contribution is 0.252. The van der Waals surface area contributed by atoms with Crippen molar-refractivity contribution in [3.8, 4) is 0 Å². The van der Waals surface area contributed by atoms with E-state index in [2.05, 4.69) is 32.3 Å². The van der Waals surface area contributed by atoms with Gasteiger partial charge >= 0.3 is 6.03 Å². The van der Waals surface area contributed by atoms with Gasteiger partial charge in [0.1, 0.15) is 11.3 Å². The molecule has 0 bridgehead atoms. The lowest BCUT2D eigenvalue weighted by Crippen LogP contribution is -2.31. The largest absolute Gasteiger partial charge is 0.337 e. The average molecular weight is 406 g/mol. The standard InChI is InChI=1S/C22H20ClN5O/c23-17-9-4-5-10-18(17)27-22(29)25-14-12-20-26-19-11-6-13-24-21(19)28(20)15-16-7-2-1-3-8-16/h1-11,13H,12,14-15H2,(H2,25,27,29). The Kier molecular flexibility index (Phi) is 5.72. The molecule has 146 valence electrons. The Labute approximate surface area is 173 Å². The van der Waals surface area contributed by atoms with Crippen LogP contribution in [0.25, 0.3) is 11.2 Å². The molecule has 0 saturated carbocycles. The molecule has 6 nitrogen and oxygen atoms in total. The van der Waals surface area contributed by atoms with E-state index in [9.17, 15) is 4.79 Å². The molecule has 0 fully saturated rings. The Morgan fingerprint density at radius 1 is 1.00 bits per heavy atom. The predicted molar refractivity (Wildman–Crippen MR) is 115 cm³/mol. The smallest absolute Gasteiger partial charge is 0.319 e. The van der Waals surface area contributed by atoms with Gasteiger partial charge in [-0.15, -0.1) is 0 Å². The average Bonchev–Trinajstić information content (AvgIpc) is 3.08. The van der Waals surface area contributed by atoms with Crippen molar-refractivity contribution < 1.29 is 4.79 Å². The van der Waals surface area contributed by atoms with Gasteiger partial charge in [-0.25, -0.2) is 14.8 Å². The van der Waals surface area contributed by atoms with Crippen molar-refractivity contribution in [2.24, 2.45) is 0 Å². The van der Waals surface area contributed by atoms with Gasteiger partial charge < -0.3 is 15.2 Å². The number of nitrogens with one attached hydrogen (secondary N) is 2. The molecule has 4 rings (SSSR count). The normalized spacial score (nSPS) is 10.8. The Hall–Kier alpha value is -3.38. The van der Waals surface area contributed by atoms with Crippen molar-refractivity contribution in [1.29, 1.82) is 0 Å². The molecule has 0 atom stereocenters. The predicted octanol–water partition coefficient (Wildman–Crippen LogP) is 4.50. The van der Waals surface area contributed by atoms with E-state index in [1.807, 2.05) is 42.5 Å². The maximum atomic E-state index is 12.2. The van der Waals surface area contributed by atoms with Crippen molar-refractivity contribution in [2.75, 3.05) is 11.9 Å². The number of amides is 2. The second kappa shape index (κ2) is 8.75. The molecule has 29 heavy (non-hydrogen) atoms. The van der Waals surface area contributed by atoms with E-state index >= 15 is 0 Å². The second-order valence-electron chi connectivity index (χ2n) is 6.56. The first-order valence-corrected chi connectivity index (χ1v) is 9.72. The number of fused-ring (bicyclic) bond motifs is 1. The number of anilines is 1. The lowest BCUT2D eigenvalue weighted by atomic mass is 10.2. The minimum absolute atomic E-state index is 0.304. The van der Waals surface area contributed by atoms with Crippen LogP contribution < -0.4 is 10.6 Å². The van der Waals surface area contributed by atoms with Crippen LogP contribution in [0.3, 0.4) is 0 Å². The molecule has 7 heteroatoms. The summed E-state index contributed by atoms with van der Waals surface area (Å²) in [4.78, 5) is 21.4. The summed E-state index contributed by atoms with van der Waals surface area (Å²) in [5, 5.41) is 6.11. The van der Waals surface area contributed by atoms with Crippen LogP contribution in [0.5, 0.6) is 0 Å².